The number of hydrogen-bond donors (Lipinski definition) is 2. The van der Waals surface area contributed by atoms with Gasteiger partial charge in [-0.2, -0.15) is 0 Å². The van der Waals surface area contributed by atoms with E-state index >= 15 is 0 Å². The number of aromatic nitrogens is 5. The molecule has 0 radical (unpaired) electrons. The summed E-state index contributed by atoms with van der Waals surface area (Å²) in [4.78, 5) is 18.6. The van der Waals surface area contributed by atoms with Crippen LogP contribution in [-0.4, -0.2) is 42.7 Å². The molecule has 5 rings (SSSR count). The van der Waals surface area contributed by atoms with Crippen LogP contribution < -0.4 is 20.3 Å². The summed E-state index contributed by atoms with van der Waals surface area (Å²) in [6, 6.07) is 13.2. The van der Waals surface area contributed by atoms with Gasteiger partial charge in [0.05, 0.1) is 30.6 Å². The van der Waals surface area contributed by atoms with Crippen molar-refractivity contribution in [3.8, 4) is 5.75 Å². The number of pyridine rings is 1. The van der Waals surface area contributed by atoms with E-state index in [0.29, 0.717) is 16.5 Å². The molecule has 2 N–H and O–H groups in total. The predicted molar refractivity (Wildman–Crippen MR) is 140 cm³/mol. The van der Waals surface area contributed by atoms with E-state index in [-0.39, 0.29) is 18.0 Å². The average molecular weight is 503 g/mol. The largest absolute Gasteiger partial charge is 0.495 e. The summed E-state index contributed by atoms with van der Waals surface area (Å²) in [6.07, 6.45) is 5.11. The van der Waals surface area contributed by atoms with Crippen LogP contribution in [-0.2, 0) is 4.79 Å². The number of carbonyl (C=O) groups is 1. The molecule has 0 unspecified atom stereocenters. The second-order valence-electron chi connectivity index (χ2n) is 8.54. The molecule has 1 amide bonds. The predicted octanol–water partition coefficient (Wildman–Crippen LogP) is 3.55. The molecule has 3 aromatic heterocycles. The van der Waals surface area contributed by atoms with Crippen LogP contribution in [0.25, 0.3) is 0 Å². The summed E-state index contributed by atoms with van der Waals surface area (Å²) >= 11 is 5.87. The van der Waals surface area contributed by atoms with Crippen molar-refractivity contribution in [1.29, 1.82) is 0 Å². The molecule has 184 valence electrons. The Kier molecular flexibility index (Phi) is 6.15. The quantitative estimate of drug-likeness (QED) is 0.386. The molecule has 0 bridgehead atoms. The zero-order valence-electron chi connectivity index (χ0n) is 20.3. The number of carbonyl (C=O) groups excluding carboxylic acids is 1. The Balaban J connectivity index is 1.67. The molecule has 1 fully saturated rings. The Bertz CT molecular complexity index is 1420. The Morgan fingerprint density at radius 2 is 1.92 bits per heavy atom. The Morgan fingerprint density at radius 1 is 1.14 bits per heavy atom. The molecule has 0 spiro atoms. The third-order valence-corrected chi connectivity index (χ3v) is 6.57. The topological polar surface area (TPSA) is 102 Å². The third-order valence-electron chi connectivity index (χ3n) is 6.26. The summed E-state index contributed by atoms with van der Waals surface area (Å²) in [5, 5.41) is 14.8. The van der Waals surface area contributed by atoms with Gasteiger partial charge in [-0.15, -0.1) is 10.2 Å². The number of nitrogens with zero attached hydrogens (tertiary/aromatic N) is 6. The maximum Gasteiger partial charge on any atom is 0.221 e. The second-order valence-corrected chi connectivity index (χ2v) is 8.93. The fraction of sp³-hybridized carbons (Fsp3) is 0.240. The van der Waals surface area contributed by atoms with Crippen molar-refractivity contribution < 1.29 is 9.53 Å². The van der Waals surface area contributed by atoms with Gasteiger partial charge in [0.25, 0.3) is 0 Å². The Labute approximate surface area is 213 Å². The highest BCUT2D eigenvalue weighted by Gasteiger charge is 2.42. The molecular formula is C25H26N8O2S. The first kappa shape index (κ1) is 23.5. The Hall–Kier alpha value is -4.25. The van der Waals surface area contributed by atoms with E-state index in [1.807, 2.05) is 48.0 Å². The fourth-order valence-corrected chi connectivity index (χ4v) is 5.16. The molecule has 36 heavy (non-hydrogen) atoms. The summed E-state index contributed by atoms with van der Waals surface area (Å²) in [7, 11) is 1.57. The lowest BCUT2D eigenvalue weighted by Crippen LogP contribution is -2.29. The van der Waals surface area contributed by atoms with Crippen LogP contribution in [0.1, 0.15) is 41.7 Å². The zero-order chi connectivity index (χ0) is 25.4. The second kappa shape index (κ2) is 9.42. The van der Waals surface area contributed by atoms with Gasteiger partial charge in [0, 0.05) is 35.8 Å². The van der Waals surface area contributed by atoms with Crippen LogP contribution in [0.5, 0.6) is 5.75 Å². The monoisotopic (exact) mass is 502 g/mol. The van der Waals surface area contributed by atoms with E-state index in [9.17, 15) is 4.79 Å². The number of anilines is 2. The van der Waals surface area contributed by atoms with Crippen molar-refractivity contribution in [3.05, 3.63) is 84.0 Å². The molecule has 10 nitrogen and oxygen atoms in total. The van der Waals surface area contributed by atoms with Gasteiger partial charge in [-0.25, -0.2) is 4.68 Å². The summed E-state index contributed by atoms with van der Waals surface area (Å²) in [5.41, 5.74) is 5.37. The average Bonchev–Trinajstić information content (AvgIpc) is 3.57. The van der Waals surface area contributed by atoms with E-state index < -0.39 is 0 Å². The molecule has 1 aliphatic rings. The first-order valence-electron chi connectivity index (χ1n) is 11.4. The van der Waals surface area contributed by atoms with Crippen LogP contribution in [0.15, 0.2) is 61.3 Å². The van der Waals surface area contributed by atoms with E-state index in [1.165, 1.54) is 6.92 Å². The van der Waals surface area contributed by atoms with E-state index in [2.05, 4.69) is 48.4 Å². The smallest absolute Gasteiger partial charge is 0.221 e. The van der Waals surface area contributed by atoms with Crippen LogP contribution >= 0.6 is 12.2 Å². The minimum absolute atomic E-state index is 0.187. The number of benzene rings is 1. The maximum atomic E-state index is 11.9. The molecule has 2 atom stereocenters. The molecule has 0 saturated carbocycles. The van der Waals surface area contributed by atoms with Gasteiger partial charge in [-0.1, -0.05) is 6.07 Å². The van der Waals surface area contributed by atoms with E-state index in [0.717, 1.165) is 28.3 Å². The molecule has 1 aliphatic heterocycles. The summed E-state index contributed by atoms with van der Waals surface area (Å²) < 4.78 is 9.36. The van der Waals surface area contributed by atoms with E-state index in [1.54, 1.807) is 26.0 Å². The first-order chi connectivity index (χ1) is 17.4. The molecular weight excluding hydrogens is 476 g/mol. The van der Waals surface area contributed by atoms with E-state index in [4.69, 9.17) is 17.0 Å². The van der Waals surface area contributed by atoms with Gasteiger partial charge >= 0.3 is 0 Å². The lowest BCUT2D eigenvalue weighted by Gasteiger charge is -2.29. The maximum absolute atomic E-state index is 11.9. The highest BCUT2D eigenvalue weighted by molar-refractivity contribution is 7.80. The van der Waals surface area contributed by atoms with Crippen LogP contribution in [0, 0.1) is 13.8 Å². The lowest BCUT2D eigenvalue weighted by atomic mass is 9.96. The number of ether oxygens (including phenoxy) is 1. The van der Waals surface area contributed by atoms with Crippen LogP contribution in [0.2, 0.25) is 0 Å². The number of methoxy groups -OCH3 is 1. The van der Waals surface area contributed by atoms with Crippen LogP contribution in [0.4, 0.5) is 11.4 Å². The van der Waals surface area contributed by atoms with Gasteiger partial charge in [0.1, 0.15) is 18.4 Å². The van der Waals surface area contributed by atoms with Crippen molar-refractivity contribution in [1.82, 2.24) is 29.9 Å². The minimum Gasteiger partial charge on any atom is -0.495 e. The zero-order valence-corrected chi connectivity index (χ0v) is 21.2. The van der Waals surface area contributed by atoms with Crippen molar-refractivity contribution >= 4 is 34.6 Å². The molecule has 4 heterocycles. The van der Waals surface area contributed by atoms with Gasteiger partial charge in [-0.3, -0.25) is 14.5 Å². The summed E-state index contributed by atoms with van der Waals surface area (Å²) in [6.45, 7) is 5.57. The van der Waals surface area contributed by atoms with Gasteiger partial charge in [0.2, 0.25) is 5.91 Å². The highest BCUT2D eigenvalue weighted by atomic mass is 32.1. The first-order valence-corrected chi connectivity index (χ1v) is 11.8. The highest BCUT2D eigenvalue weighted by Crippen LogP contribution is 2.44. The Morgan fingerprint density at radius 3 is 2.58 bits per heavy atom. The molecule has 0 aliphatic carbocycles. The molecule has 1 aromatic carbocycles. The van der Waals surface area contributed by atoms with Gasteiger partial charge in [0.15, 0.2) is 5.11 Å². The number of aryl methyl sites for hydroxylation is 1. The standard InChI is InChI=1S/C25H26N8O2S/c1-15-11-19(16(2)33(15)31-13-27-28-14-31)24-23(20-7-5-6-10-26-20)30-25(36)32(24)18-8-9-22(35-4)21(12-18)29-17(3)34/h5-14,23-24H,1-4H3,(H,29,34)(H,30,36)/t23-,24-/m0/s1. The number of rotatable bonds is 6. The molecule has 4 aromatic rings. The number of amides is 1. The van der Waals surface area contributed by atoms with Gasteiger partial charge < -0.3 is 20.3 Å². The van der Waals surface area contributed by atoms with Gasteiger partial charge in [-0.05, 0) is 62.5 Å². The van der Waals surface area contributed by atoms with Crippen LogP contribution in [0.3, 0.4) is 0 Å². The number of hydrogen-bond acceptors (Lipinski definition) is 6. The number of nitrogens with one attached hydrogen (secondary N) is 2. The molecule has 11 heteroatoms. The van der Waals surface area contributed by atoms with Crippen molar-refractivity contribution in [2.75, 3.05) is 17.3 Å². The summed E-state index contributed by atoms with van der Waals surface area (Å²) in [5.74, 6) is 0.378. The minimum atomic E-state index is -0.220. The van der Waals surface area contributed by atoms with Crippen molar-refractivity contribution in [3.63, 3.8) is 0 Å². The van der Waals surface area contributed by atoms with Crippen molar-refractivity contribution in [2.45, 2.75) is 32.9 Å². The SMILES string of the molecule is COc1ccc(N2C(=S)N[C@@H](c3ccccn3)[C@@H]2c2cc(C)n(-n3cnnc3)c2C)cc1NC(C)=O. The van der Waals surface area contributed by atoms with Crippen molar-refractivity contribution in [2.24, 2.45) is 0 Å². The number of thiocarbonyl (C=S) groups is 1. The fourth-order valence-electron chi connectivity index (χ4n) is 4.81. The lowest BCUT2D eigenvalue weighted by molar-refractivity contribution is -0.114. The normalized spacial score (nSPS) is 17.2. The third kappa shape index (κ3) is 4.07. The molecule has 1 saturated heterocycles.